The number of phenols is 1. The van der Waals surface area contributed by atoms with Crippen molar-refractivity contribution >= 4 is 56.5 Å². The van der Waals surface area contributed by atoms with E-state index in [0.717, 1.165) is 68.5 Å². The number of aromatic hydroxyl groups is 1. The number of nitrogens with one attached hydrogen (secondary N) is 1. The molecule has 2 aliphatic rings. The molecule has 0 bridgehead atoms. The summed E-state index contributed by atoms with van der Waals surface area (Å²) in [5.41, 5.74) is 9.37. The number of carbonyl (C=O) groups excluding carboxylic acids is 2. The van der Waals surface area contributed by atoms with Gasteiger partial charge in [0, 0.05) is 71.2 Å². The van der Waals surface area contributed by atoms with E-state index >= 15 is 0 Å². The van der Waals surface area contributed by atoms with E-state index in [9.17, 15) is 19.8 Å². The number of urea groups is 1. The molecule has 2 fully saturated rings. The van der Waals surface area contributed by atoms with E-state index in [0.29, 0.717) is 22.9 Å². The molecular formula is C47H49N9O5S2. The quantitative estimate of drug-likeness (QED) is 0.120. The third kappa shape index (κ3) is 8.14. The first-order chi connectivity index (χ1) is 30.3. The molecule has 0 radical (unpaired) electrons. The second-order valence-corrected chi connectivity index (χ2v) is 18.6. The van der Waals surface area contributed by atoms with Gasteiger partial charge >= 0.3 is 6.03 Å². The minimum atomic E-state index is -0.874. The standard InChI is InChI=1S/C47H49N9O5S2/c1-25(2)56(47(60)55-23-33(57)19-39(55)45(59)50-27(4)30-11-13-31(14-12-30)44-29(6)48-24-62-44)42-21-38(53-61-42)34-15-16-41(49-28(34)5)54-18-17-32(22-54)43-26(3)36-20-37(51-52-46(36)63-43)35-9-7-8-10-40(35)58/h7-16,20-21,24-25,27,32-33,39,57-58H,17-19,22-23H2,1-6H3,(H,50,59)/t27-,32+,33+,39-/m0/s1. The number of hydrogen-bond donors (Lipinski definition) is 3. The van der Waals surface area contributed by atoms with Crippen LogP contribution < -0.4 is 15.1 Å². The van der Waals surface area contributed by atoms with Gasteiger partial charge in [-0.3, -0.25) is 9.69 Å². The van der Waals surface area contributed by atoms with Crippen molar-refractivity contribution < 1.29 is 24.3 Å². The van der Waals surface area contributed by atoms with Crippen LogP contribution in [0.2, 0.25) is 0 Å². The van der Waals surface area contributed by atoms with Crippen molar-refractivity contribution in [2.24, 2.45) is 0 Å². The Morgan fingerprint density at radius 3 is 2.46 bits per heavy atom. The summed E-state index contributed by atoms with van der Waals surface area (Å²) in [5.74, 6) is 1.25. The lowest BCUT2D eigenvalue weighted by molar-refractivity contribution is -0.125. The number of phenolic OH excluding ortho intramolecular Hbond substituents is 1. The summed E-state index contributed by atoms with van der Waals surface area (Å²) in [6, 6.07) is 20.9. The number of thiazole rings is 1. The number of anilines is 2. The van der Waals surface area contributed by atoms with Crippen molar-refractivity contribution in [3.8, 4) is 38.7 Å². The van der Waals surface area contributed by atoms with Gasteiger partial charge in [0.05, 0.1) is 33.9 Å². The molecule has 7 heterocycles. The molecule has 0 saturated carbocycles. The fraction of sp³-hybridized carbons (Fsp3) is 0.340. The SMILES string of the molecule is Cc1nc(N2CC[C@@H](c3sc4nnc(-c5ccccc5O)cc4c3C)C2)ccc1-c1cc(N(C(=O)N2C[C@H](O)C[C@H]2C(=O)N[C@@H](C)c2ccc(-c3scnc3C)cc2)C(C)C)on1. The van der Waals surface area contributed by atoms with E-state index in [1.54, 1.807) is 40.9 Å². The fourth-order valence-corrected chi connectivity index (χ4v) is 10.9. The van der Waals surface area contributed by atoms with E-state index in [2.05, 4.69) is 37.5 Å². The maximum atomic E-state index is 14.3. The molecule has 16 heteroatoms. The first-order valence-corrected chi connectivity index (χ1v) is 22.9. The number of pyridine rings is 1. The van der Waals surface area contributed by atoms with Crippen LogP contribution in [0, 0.1) is 20.8 Å². The summed E-state index contributed by atoms with van der Waals surface area (Å²) in [4.78, 5) is 45.9. The highest BCUT2D eigenvalue weighted by atomic mass is 32.1. The zero-order valence-electron chi connectivity index (χ0n) is 35.9. The van der Waals surface area contributed by atoms with Gasteiger partial charge in [-0.15, -0.1) is 32.9 Å². The molecule has 3 amide bonds. The predicted octanol–water partition coefficient (Wildman–Crippen LogP) is 8.80. The van der Waals surface area contributed by atoms with Gasteiger partial charge in [-0.25, -0.2) is 14.8 Å². The summed E-state index contributed by atoms with van der Waals surface area (Å²) in [5, 5.41) is 38.6. The fourth-order valence-electron chi connectivity index (χ4n) is 8.81. The average Bonchev–Trinajstić information content (AvgIpc) is 4.13. The number of aliphatic hydroxyl groups excluding tert-OH is 1. The number of aliphatic hydroxyl groups is 1. The van der Waals surface area contributed by atoms with Crippen molar-refractivity contribution in [3.63, 3.8) is 0 Å². The minimum absolute atomic E-state index is 0.0113. The number of benzene rings is 2. The van der Waals surface area contributed by atoms with Gasteiger partial charge in [-0.1, -0.05) is 41.6 Å². The van der Waals surface area contributed by atoms with Gasteiger partial charge < -0.3 is 29.9 Å². The Morgan fingerprint density at radius 2 is 1.73 bits per heavy atom. The van der Waals surface area contributed by atoms with E-state index in [1.807, 2.05) is 94.7 Å². The van der Waals surface area contributed by atoms with Gasteiger partial charge in [-0.2, -0.15) is 0 Å². The van der Waals surface area contributed by atoms with Crippen LogP contribution >= 0.6 is 22.7 Å². The maximum absolute atomic E-state index is 14.3. The van der Waals surface area contributed by atoms with Crippen molar-refractivity contribution in [1.82, 2.24) is 35.5 Å². The lowest BCUT2D eigenvalue weighted by atomic mass is 10.0. The highest BCUT2D eigenvalue weighted by Crippen LogP contribution is 2.41. The van der Waals surface area contributed by atoms with Crippen molar-refractivity contribution in [3.05, 3.63) is 106 Å². The number of hydrogen-bond acceptors (Lipinski definition) is 13. The zero-order valence-corrected chi connectivity index (χ0v) is 37.6. The van der Waals surface area contributed by atoms with Gasteiger partial charge in [-0.05, 0) is 95.0 Å². The van der Waals surface area contributed by atoms with Crippen LogP contribution in [0.25, 0.3) is 43.2 Å². The van der Waals surface area contributed by atoms with E-state index in [-0.39, 0.29) is 42.6 Å². The van der Waals surface area contributed by atoms with Crippen LogP contribution in [-0.4, -0.2) is 90.2 Å². The maximum Gasteiger partial charge on any atom is 0.327 e. The van der Waals surface area contributed by atoms with E-state index in [4.69, 9.17) is 9.51 Å². The molecule has 63 heavy (non-hydrogen) atoms. The Balaban J connectivity index is 0.868. The number of likely N-dealkylation sites (tertiary alicyclic amines) is 1. The first kappa shape index (κ1) is 42.1. The lowest BCUT2D eigenvalue weighted by Crippen LogP contribution is -2.53. The molecular weight excluding hydrogens is 835 g/mol. The molecule has 324 valence electrons. The number of para-hydroxylation sites is 1. The number of aryl methyl sites for hydroxylation is 3. The number of carbonyl (C=O) groups is 2. The van der Waals surface area contributed by atoms with Crippen LogP contribution in [0.15, 0.2) is 82.8 Å². The summed E-state index contributed by atoms with van der Waals surface area (Å²) in [6.45, 7) is 13.4. The number of rotatable bonds is 10. The molecule has 2 aliphatic heterocycles. The number of aromatic nitrogens is 5. The third-order valence-corrected chi connectivity index (χ3v) is 14.5. The molecule has 0 unspecified atom stereocenters. The largest absolute Gasteiger partial charge is 0.507 e. The highest BCUT2D eigenvalue weighted by molar-refractivity contribution is 7.19. The van der Waals surface area contributed by atoms with Gasteiger partial charge in [0.2, 0.25) is 11.8 Å². The Bertz CT molecular complexity index is 2820. The Hall–Kier alpha value is -6.23. The third-order valence-electron chi connectivity index (χ3n) is 12.2. The van der Waals surface area contributed by atoms with Crippen LogP contribution in [0.5, 0.6) is 5.75 Å². The molecule has 0 spiro atoms. The van der Waals surface area contributed by atoms with Crippen molar-refractivity contribution in [2.45, 2.75) is 84.5 Å². The first-order valence-electron chi connectivity index (χ1n) is 21.2. The minimum Gasteiger partial charge on any atom is -0.507 e. The molecule has 2 aromatic carbocycles. The van der Waals surface area contributed by atoms with Gasteiger partial charge in [0.1, 0.15) is 28.1 Å². The second kappa shape index (κ2) is 17.1. The average molecular weight is 884 g/mol. The van der Waals surface area contributed by atoms with E-state index in [1.165, 1.54) is 20.2 Å². The monoisotopic (exact) mass is 883 g/mol. The highest BCUT2D eigenvalue weighted by Gasteiger charge is 2.42. The van der Waals surface area contributed by atoms with Crippen LogP contribution in [0.4, 0.5) is 16.5 Å². The summed E-state index contributed by atoms with van der Waals surface area (Å²) < 4.78 is 5.84. The van der Waals surface area contributed by atoms with E-state index < -0.39 is 18.2 Å². The molecule has 2 saturated heterocycles. The Kier molecular flexibility index (Phi) is 11.5. The van der Waals surface area contributed by atoms with Crippen LogP contribution in [-0.2, 0) is 4.79 Å². The summed E-state index contributed by atoms with van der Waals surface area (Å²) in [6.07, 6.45) is 0.238. The molecule has 0 aliphatic carbocycles. The molecule has 9 rings (SSSR count). The number of amides is 3. The molecule has 4 atom stereocenters. The predicted molar refractivity (Wildman–Crippen MR) is 246 cm³/mol. The van der Waals surface area contributed by atoms with Gasteiger partial charge in [0.15, 0.2) is 0 Å². The van der Waals surface area contributed by atoms with Crippen LogP contribution in [0.1, 0.15) is 73.0 Å². The smallest absolute Gasteiger partial charge is 0.327 e. The van der Waals surface area contributed by atoms with Crippen molar-refractivity contribution in [2.75, 3.05) is 29.4 Å². The molecule has 5 aromatic heterocycles. The number of thiophene rings is 1. The number of fused-ring (bicyclic) bond motifs is 1. The summed E-state index contributed by atoms with van der Waals surface area (Å²) >= 11 is 3.27. The topological polar surface area (TPSA) is 174 Å². The Labute approximate surface area is 373 Å². The molecule has 3 N–H and O–H groups in total. The number of β-amino-alcohol motifs (C(OH)–C–C–N with tert-alkyl or cyclic N) is 1. The second-order valence-electron chi connectivity index (χ2n) is 16.8. The normalized spacial score (nSPS) is 18.1. The molecule has 14 nitrogen and oxygen atoms in total. The Morgan fingerprint density at radius 1 is 0.937 bits per heavy atom. The lowest BCUT2D eigenvalue weighted by Gasteiger charge is -2.32. The van der Waals surface area contributed by atoms with Crippen LogP contribution in [0.3, 0.4) is 0 Å². The van der Waals surface area contributed by atoms with Crippen molar-refractivity contribution in [1.29, 1.82) is 0 Å². The van der Waals surface area contributed by atoms with Gasteiger partial charge in [0.25, 0.3) is 0 Å². The number of nitrogens with zero attached hydrogens (tertiary/aromatic N) is 8. The zero-order chi connectivity index (χ0) is 44.1. The summed E-state index contributed by atoms with van der Waals surface area (Å²) in [7, 11) is 0. The molecule has 7 aromatic rings.